The standard InChI is InChI=1S/C16H18ClN3O3/c1-3-11(2)19(10-15(21)22)16(23)12-8-18-20(9-12)14-6-4-5-13(17)7-14/h4-9,11H,3,10H2,1-2H3,(H,21,22). The number of benzene rings is 1. The van der Waals surface area contributed by atoms with Crippen molar-refractivity contribution in [2.75, 3.05) is 6.54 Å². The first-order chi connectivity index (χ1) is 10.9. The van der Waals surface area contributed by atoms with Crippen LogP contribution in [0.4, 0.5) is 0 Å². The Morgan fingerprint density at radius 1 is 1.43 bits per heavy atom. The lowest BCUT2D eigenvalue weighted by atomic mass is 10.2. The van der Waals surface area contributed by atoms with Gasteiger partial charge < -0.3 is 10.0 Å². The molecule has 1 heterocycles. The first-order valence-corrected chi connectivity index (χ1v) is 7.63. The highest BCUT2D eigenvalue weighted by atomic mass is 35.5. The van der Waals surface area contributed by atoms with Gasteiger partial charge in [-0.2, -0.15) is 5.10 Å². The third-order valence-corrected chi connectivity index (χ3v) is 3.83. The van der Waals surface area contributed by atoms with E-state index in [1.807, 2.05) is 19.9 Å². The van der Waals surface area contributed by atoms with E-state index in [1.165, 1.54) is 15.8 Å². The van der Waals surface area contributed by atoms with Crippen molar-refractivity contribution in [1.29, 1.82) is 0 Å². The molecule has 1 atom stereocenters. The van der Waals surface area contributed by atoms with Crippen LogP contribution in [0, 0.1) is 0 Å². The van der Waals surface area contributed by atoms with Gasteiger partial charge in [-0.05, 0) is 31.5 Å². The van der Waals surface area contributed by atoms with E-state index < -0.39 is 5.97 Å². The molecule has 0 saturated carbocycles. The van der Waals surface area contributed by atoms with Gasteiger partial charge in [0.15, 0.2) is 0 Å². The Kier molecular flexibility index (Phi) is 5.39. The number of rotatable bonds is 6. The van der Waals surface area contributed by atoms with Crippen LogP contribution in [0.1, 0.15) is 30.6 Å². The van der Waals surface area contributed by atoms with Crippen LogP contribution in [0.2, 0.25) is 5.02 Å². The average molecular weight is 336 g/mol. The molecule has 1 amide bonds. The van der Waals surface area contributed by atoms with Crippen molar-refractivity contribution in [2.45, 2.75) is 26.3 Å². The molecule has 0 aliphatic rings. The van der Waals surface area contributed by atoms with Gasteiger partial charge in [-0.1, -0.05) is 24.6 Å². The van der Waals surface area contributed by atoms with Crippen molar-refractivity contribution in [3.63, 3.8) is 0 Å². The van der Waals surface area contributed by atoms with E-state index in [-0.39, 0.29) is 18.5 Å². The minimum atomic E-state index is -1.04. The number of nitrogens with zero attached hydrogens (tertiary/aromatic N) is 3. The molecule has 0 spiro atoms. The molecule has 0 aliphatic carbocycles. The van der Waals surface area contributed by atoms with E-state index in [2.05, 4.69) is 5.10 Å². The normalized spacial score (nSPS) is 12.0. The first-order valence-electron chi connectivity index (χ1n) is 7.25. The summed E-state index contributed by atoms with van der Waals surface area (Å²) in [6, 6.07) is 6.91. The van der Waals surface area contributed by atoms with Gasteiger partial charge in [0.2, 0.25) is 0 Å². The molecule has 0 aliphatic heterocycles. The average Bonchev–Trinajstić information content (AvgIpc) is 3.01. The Labute approximate surface area is 139 Å². The summed E-state index contributed by atoms with van der Waals surface area (Å²) >= 11 is 5.95. The van der Waals surface area contributed by atoms with Gasteiger partial charge in [-0.15, -0.1) is 0 Å². The van der Waals surface area contributed by atoms with Crippen molar-refractivity contribution < 1.29 is 14.7 Å². The molecule has 1 N–H and O–H groups in total. The lowest BCUT2D eigenvalue weighted by molar-refractivity contribution is -0.138. The maximum atomic E-state index is 12.6. The second-order valence-corrected chi connectivity index (χ2v) is 5.67. The van der Waals surface area contributed by atoms with Crippen LogP contribution >= 0.6 is 11.6 Å². The number of halogens is 1. The molecule has 23 heavy (non-hydrogen) atoms. The molecule has 0 radical (unpaired) electrons. The van der Waals surface area contributed by atoms with Crippen LogP contribution in [0.15, 0.2) is 36.7 Å². The summed E-state index contributed by atoms with van der Waals surface area (Å²) in [4.78, 5) is 24.9. The fraction of sp³-hybridized carbons (Fsp3) is 0.312. The highest BCUT2D eigenvalue weighted by Gasteiger charge is 2.24. The third kappa shape index (κ3) is 4.10. The second kappa shape index (κ2) is 7.28. The van der Waals surface area contributed by atoms with Crippen LogP contribution in [0.5, 0.6) is 0 Å². The number of amides is 1. The molecule has 0 bridgehead atoms. The number of carbonyl (C=O) groups is 2. The SMILES string of the molecule is CCC(C)N(CC(=O)O)C(=O)c1cnn(-c2cccc(Cl)c2)c1. The Morgan fingerprint density at radius 3 is 2.78 bits per heavy atom. The quantitative estimate of drug-likeness (QED) is 0.880. The fourth-order valence-corrected chi connectivity index (χ4v) is 2.34. The monoisotopic (exact) mass is 335 g/mol. The van der Waals surface area contributed by atoms with Crippen LogP contribution in [-0.4, -0.2) is 44.3 Å². The van der Waals surface area contributed by atoms with E-state index in [0.717, 1.165) is 5.69 Å². The van der Waals surface area contributed by atoms with Gasteiger partial charge in [0.1, 0.15) is 6.54 Å². The van der Waals surface area contributed by atoms with Gasteiger partial charge in [-0.3, -0.25) is 9.59 Å². The van der Waals surface area contributed by atoms with E-state index >= 15 is 0 Å². The molecule has 2 aromatic rings. The fourth-order valence-electron chi connectivity index (χ4n) is 2.15. The number of carbonyl (C=O) groups excluding carboxylic acids is 1. The summed E-state index contributed by atoms with van der Waals surface area (Å²) < 4.78 is 1.54. The van der Waals surface area contributed by atoms with Crippen molar-refractivity contribution in [1.82, 2.24) is 14.7 Å². The second-order valence-electron chi connectivity index (χ2n) is 5.24. The van der Waals surface area contributed by atoms with Crippen LogP contribution < -0.4 is 0 Å². The van der Waals surface area contributed by atoms with Gasteiger partial charge in [-0.25, -0.2) is 4.68 Å². The minimum absolute atomic E-state index is 0.173. The predicted octanol–water partition coefficient (Wildman–Crippen LogP) is 2.85. The molecule has 0 saturated heterocycles. The Hall–Kier alpha value is -2.34. The Morgan fingerprint density at radius 2 is 2.17 bits per heavy atom. The molecule has 122 valence electrons. The minimum Gasteiger partial charge on any atom is -0.480 e. The topological polar surface area (TPSA) is 75.4 Å². The molecule has 1 unspecified atom stereocenters. The summed E-state index contributed by atoms with van der Waals surface area (Å²) in [5.74, 6) is -1.39. The summed E-state index contributed by atoms with van der Waals surface area (Å²) in [7, 11) is 0. The summed E-state index contributed by atoms with van der Waals surface area (Å²) in [5.41, 5.74) is 1.07. The summed E-state index contributed by atoms with van der Waals surface area (Å²) in [6.45, 7) is 3.39. The van der Waals surface area contributed by atoms with E-state index in [0.29, 0.717) is 17.0 Å². The van der Waals surface area contributed by atoms with Crippen LogP contribution in [0.25, 0.3) is 5.69 Å². The lowest BCUT2D eigenvalue weighted by Crippen LogP contribution is -2.41. The molecule has 1 aromatic heterocycles. The number of hydrogen-bond acceptors (Lipinski definition) is 3. The molecule has 1 aromatic carbocycles. The molecular weight excluding hydrogens is 318 g/mol. The van der Waals surface area contributed by atoms with Gasteiger partial charge in [0.25, 0.3) is 5.91 Å². The molecule has 2 rings (SSSR count). The molecular formula is C16H18ClN3O3. The smallest absolute Gasteiger partial charge is 0.323 e. The molecule has 7 heteroatoms. The Bertz CT molecular complexity index is 714. The van der Waals surface area contributed by atoms with Gasteiger partial charge >= 0.3 is 5.97 Å². The van der Waals surface area contributed by atoms with E-state index in [9.17, 15) is 9.59 Å². The van der Waals surface area contributed by atoms with E-state index in [4.69, 9.17) is 16.7 Å². The third-order valence-electron chi connectivity index (χ3n) is 3.59. The zero-order valence-electron chi connectivity index (χ0n) is 12.9. The predicted molar refractivity (Wildman–Crippen MR) is 87.0 cm³/mol. The maximum Gasteiger partial charge on any atom is 0.323 e. The van der Waals surface area contributed by atoms with Crippen molar-refractivity contribution in [3.8, 4) is 5.69 Å². The maximum absolute atomic E-state index is 12.6. The Balaban J connectivity index is 2.27. The number of carboxylic acids is 1. The zero-order chi connectivity index (χ0) is 17.0. The van der Waals surface area contributed by atoms with E-state index in [1.54, 1.807) is 24.4 Å². The number of aliphatic carboxylic acids is 1. The summed E-state index contributed by atoms with van der Waals surface area (Å²) in [5, 5.41) is 13.7. The van der Waals surface area contributed by atoms with Gasteiger partial charge in [0.05, 0.1) is 17.4 Å². The van der Waals surface area contributed by atoms with Crippen molar-refractivity contribution in [2.24, 2.45) is 0 Å². The van der Waals surface area contributed by atoms with Crippen molar-refractivity contribution in [3.05, 3.63) is 47.2 Å². The molecule has 0 fully saturated rings. The first kappa shape index (κ1) is 17.0. The largest absolute Gasteiger partial charge is 0.480 e. The summed E-state index contributed by atoms with van der Waals surface area (Å²) in [6.07, 6.45) is 3.67. The molecule has 6 nitrogen and oxygen atoms in total. The number of aromatic nitrogens is 2. The number of carboxylic acid groups (broad SMARTS) is 1. The highest BCUT2D eigenvalue weighted by molar-refractivity contribution is 6.30. The highest BCUT2D eigenvalue weighted by Crippen LogP contribution is 2.16. The van der Waals surface area contributed by atoms with Crippen LogP contribution in [0.3, 0.4) is 0 Å². The zero-order valence-corrected chi connectivity index (χ0v) is 13.7. The van der Waals surface area contributed by atoms with Crippen molar-refractivity contribution >= 4 is 23.5 Å². The van der Waals surface area contributed by atoms with Crippen LogP contribution in [-0.2, 0) is 4.79 Å². The number of hydrogen-bond donors (Lipinski definition) is 1. The van der Waals surface area contributed by atoms with Gasteiger partial charge in [0, 0.05) is 17.3 Å². The lowest BCUT2D eigenvalue weighted by Gasteiger charge is -2.26.